The van der Waals surface area contributed by atoms with Gasteiger partial charge >= 0.3 is 0 Å². The maximum Gasteiger partial charge on any atom is 0.213 e. The zero-order valence-electron chi connectivity index (χ0n) is 14.3. The molecule has 2 bridgehead atoms. The molecule has 0 aromatic carbocycles. The predicted octanol–water partition coefficient (Wildman–Crippen LogP) is 2.47. The molecule has 7 heteroatoms. The van der Waals surface area contributed by atoms with Gasteiger partial charge in [-0.15, -0.1) is 24.0 Å². The van der Waals surface area contributed by atoms with Crippen molar-refractivity contribution in [2.24, 2.45) is 4.99 Å². The molecule has 6 nitrogen and oxygen atoms in total. The van der Waals surface area contributed by atoms with Crippen LogP contribution in [0.3, 0.4) is 0 Å². The topological polar surface area (TPSA) is 67.8 Å². The summed E-state index contributed by atoms with van der Waals surface area (Å²) in [5.74, 6) is 1.50. The number of hydrogen-bond donors (Lipinski definition) is 2. The summed E-state index contributed by atoms with van der Waals surface area (Å²) in [7, 11) is 1.79. The quantitative estimate of drug-likeness (QED) is 0.399. The lowest BCUT2D eigenvalue weighted by atomic mass is 9.96. The van der Waals surface area contributed by atoms with E-state index in [1.807, 2.05) is 18.3 Å². The smallest absolute Gasteiger partial charge is 0.213 e. The van der Waals surface area contributed by atoms with Crippen molar-refractivity contribution in [1.29, 1.82) is 0 Å². The first-order chi connectivity index (χ1) is 11.3. The molecule has 0 amide bonds. The fourth-order valence-electron chi connectivity index (χ4n) is 3.15. The lowest BCUT2D eigenvalue weighted by molar-refractivity contribution is 0.0992. The van der Waals surface area contributed by atoms with Crippen LogP contribution in [0.15, 0.2) is 23.3 Å². The summed E-state index contributed by atoms with van der Waals surface area (Å²) in [6.45, 7) is 3.47. The predicted molar refractivity (Wildman–Crippen MR) is 105 cm³/mol. The van der Waals surface area contributed by atoms with E-state index in [1.165, 1.54) is 6.42 Å². The third-order valence-electron chi connectivity index (χ3n) is 4.36. The minimum absolute atomic E-state index is 0. The van der Waals surface area contributed by atoms with Gasteiger partial charge in [0, 0.05) is 25.9 Å². The summed E-state index contributed by atoms with van der Waals surface area (Å²) in [5, 5.41) is 6.81. The summed E-state index contributed by atoms with van der Waals surface area (Å²) in [6.07, 6.45) is 7.04. The third-order valence-corrected chi connectivity index (χ3v) is 4.36. The van der Waals surface area contributed by atoms with Gasteiger partial charge in [-0.2, -0.15) is 0 Å². The SMILES string of the molecule is CCCOc1ccc(CNC(=NC)NC2CC3CCC2O3)cn1.I. The van der Waals surface area contributed by atoms with Gasteiger partial charge in [-0.25, -0.2) is 4.98 Å². The molecule has 0 radical (unpaired) electrons. The van der Waals surface area contributed by atoms with E-state index in [4.69, 9.17) is 9.47 Å². The fraction of sp³-hybridized carbons (Fsp3) is 0.647. The number of aromatic nitrogens is 1. The Morgan fingerprint density at radius 1 is 1.42 bits per heavy atom. The van der Waals surface area contributed by atoms with E-state index in [9.17, 15) is 0 Å². The Morgan fingerprint density at radius 3 is 2.88 bits per heavy atom. The number of hydrogen-bond acceptors (Lipinski definition) is 4. The highest BCUT2D eigenvalue weighted by Gasteiger charge is 2.41. The fourth-order valence-corrected chi connectivity index (χ4v) is 3.15. The van der Waals surface area contributed by atoms with Crippen LogP contribution in [0.2, 0.25) is 0 Å². The number of rotatable bonds is 6. The maximum atomic E-state index is 5.87. The second-order valence-corrected chi connectivity index (χ2v) is 6.14. The number of halogens is 1. The molecule has 2 saturated heterocycles. The first kappa shape index (κ1) is 19.2. The molecule has 0 spiro atoms. The van der Waals surface area contributed by atoms with Crippen LogP contribution in [0, 0.1) is 0 Å². The molecule has 3 unspecified atom stereocenters. The molecule has 1 aromatic heterocycles. The summed E-state index contributed by atoms with van der Waals surface area (Å²) in [5.41, 5.74) is 1.10. The van der Waals surface area contributed by atoms with Crippen molar-refractivity contribution < 1.29 is 9.47 Å². The van der Waals surface area contributed by atoms with E-state index < -0.39 is 0 Å². The maximum absolute atomic E-state index is 5.87. The van der Waals surface area contributed by atoms with Crippen LogP contribution in [0.5, 0.6) is 5.88 Å². The molecular weight excluding hydrogens is 419 g/mol. The molecule has 2 aliphatic heterocycles. The summed E-state index contributed by atoms with van der Waals surface area (Å²) >= 11 is 0. The Labute approximate surface area is 160 Å². The van der Waals surface area contributed by atoms with Crippen LogP contribution < -0.4 is 15.4 Å². The lowest BCUT2D eigenvalue weighted by Gasteiger charge is -2.22. The van der Waals surface area contributed by atoms with Crippen molar-refractivity contribution in [3.05, 3.63) is 23.9 Å². The molecule has 2 fully saturated rings. The summed E-state index contributed by atoms with van der Waals surface area (Å²) in [6, 6.07) is 4.31. The Hall–Kier alpha value is -1.09. The van der Waals surface area contributed by atoms with Crippen LogP contribution in [0.25, 0.3) is 0 Å². The molecular formula is C17H27IN4O2. The van der Waals surface area contributed by atoms with Gasteiger partial charge in [0.15, 0.2) is 5.96 Å². The van der Waals surface area contributed by atoms with E-state index in [0.717, 1.165) is 30.8 Å². The van der Waals surface area contributed by atoms with Gasteiger partial charge in [-0.3, -0.25) is 4.99 Å². The van der Waals surface area contributed by atoms with Crippen LogP contribution in [-0.2, 0) is 11.3 Å². The highest BCUT2D eigenvalue weighted by Crippen LogP contribution is 2.34. The zero-order valence-corrected chi connectivity index (χ0v) is 16.7. The Bertz CT molecular complexity index is 538. The number of pyridine rings is 1. The third kappa shape index (κ3) is 4.95. The Morgan fingerprint density at radius 2 is 2.29 bits per heavy atom. The van der Waals surface area contributed by atoms with Gasteiger partial charge in [-0.1, -0.05) is 13.0 Å². The van der Waals surface area contributed by atoms with Crippen LogP contribution in [-0.4, -0.2) is 42.8 Å². The average Bonchev–Trinajstić information content (AvgIpc) is 3.20. The molecule has 3 rings (SSSR count). The van der Waals surface area contributed by atoms with Crippen molar-refractivity contribution in [3.8, 4) is 5.88 Å². The second kappa shape index (κ2) is 9.41. The van der Waals surface area contributed by atoms with Crippen molar-refractivity contribution in [1.82, 2.24) is 15.6 Å². The highest BCUT2D eigenvalue weighted by molar-refractivity contribution is 14.0. The number of aliphatic imine (C=N–C) groups is 1. The van der Waals surface area contributed by atoms with E-state index in [2.05, 4.69) is 27.5 Å². The van der Waals surface area contributed by atoms with Gasteiger partial charge in [0.05, 0.1) is 24.9 Å². The molecule has 2 aliphatic rings. The van der Waals surface area contributed by atoms with E-state index in [1.54, 1.807) is 7.05 Å². The largest absolute Gasteiger partial charge is 0.478 e. The van der Waals surface area contributed by atoms with Gasteiger partial charge in [0.1, 0.15) is 0 Å². The first-order valence-corrected chi connectivity index (χ1v) is 8.49. The number of fused-ring (bicyclic) bond motifs is 2. The molecule has 2 N–H and O–H groups in total. The van der Waals surface area contributed by atoms with Gasteiger partial charge in [-0.05, 0) is 31.2 Å². The summed E-state index contributed by atoms with van der Waals surface area (Å²) < 4.78 is 11.4. The van der Waals surface area contributed by atoms with Gasteiger partial charge in [0.25, 0.3) is 0 Å². The van der Waals surface area contributed by atoms with Crippen molar-refractivity contribution in [2.45, 2.75) is 57.4 Å². The average molecular weight is 446 g/mol. The van der Waals surface area contributed by atoms with Crippen LogP contribution in [0.4, 0.5) is 0 Å². The highest BCUT2D eigenvalue weighted by atomic mass is 127. The zero-order chi connectivity index (χ0) is 16.1. The van der Waals surface area contributed by atoms with Crippen LogP contribution in [0.1, 0.15) is 38.2 Å². The van der Waals surface area contributed by atoms with Crippen molar-refractivity contribution in [3.63, 3.8) is 0 Å². The number of ether oxygens (including phenoxy) is 2. The molecule has 24 heavy (non-hydrogen) atoms. The first-order valence-electron chi connectivity index (χ1n) is 8.49. The normalized spacial score (nSPS) is 25.2. The Kier molecular flexibility index (Phi) is 7.54. The van der Waals surface area contributed by atoms with Crippen molar-refractivity contribution in [2.75, 3.05) is 13.7 Å². The van der Waals surface area contributed by atoms with Crippen LogP contribution >= 0.6 is 24.0 Å². The molecule has 3 atom stereocenters. The molecule has 134 valence electrons. The second-order valence-electron chi connectivity index (χ2n) is 6.14. The number of nitrogens with zero attached hydrogens (tertiary/aromatic N) is 2. The standard InChI is InChI=1S/C17H26N4O2.HI/c1-3-8-22-16-7-4-12(10-19-16)11-20-17(18-2)21-14-9-13-5-6-15(14)23-13;/h4,7,10,13-15H,3,5-6,8-9,11H2,1-2H3,(H2,18,20,21);1H. The lowest BCUT2D eigenvalue weighted by Crippen LogP contribution is -2.47. The minimum atomic E-state index is 0. The Balaban J connectivity index is 0.00000208. The molecule has 3 heterocycles. The molecule has 0 saturated carbocycles. The van der Waals surface area contributed by atoms with E-state index >= 15 is 0 Å². The minimum Gasteiger partial charge on any atom is -0.478 e. The van der Waals surface area contributed by atoms with Crippen molar-refractivity contribution >= 4 is 29.9 Å². The van der Waals surface area contributed by atoms with E-state index in [-0.39, 0.29) is 24.0 Å². The van der Waals surface area contributed by atoms with Gasteiger partial charge < -0.3 is 20.1 Å². The van der Waals surface area contributed by atoms with Gasteiger partial charge in [0.2, 0.25) is 5.88 Å². The van der Waals surface area contributed by atoms with E-state index in [0.29, 0.717) is 37.3 Å². The number of guanidine groups is 1. The monoisotopic (exact) mass is 446 g/mol. The molecule has 1 aromatic rings. The number of nitrogens with one attached hydrogen (secondary N) is 2. The molecule has 0 aliphatic carbocycles. The summed E-state index contributed by atoms with van der Waals surface area (Å²) in [4.78, 5) is 8.61.